The first-order chi connectivity index (χ1) is 14.7. The fourth-order valence-electron chi connectivity index (χ4n) is 3.57. The molecule has 8 nitrogen and oxygen atoms in total. The standard InChI is InChI=1S/C20H48O8Si4/c1-13-29(21-17(5)6)25-30(14-2,22-18(7)8)27-32(16-4,24-20(11)12)28-31(15-3,26-29)23-19(9)10/h17-20H,13-16H2,1-12H3. The van der Waals surface area contributed by atoms with Crippen molar-refractivity contribution in [2.75, 3.05) is 0 Å². The van der Waals surface area contributed by atoms with Crippen molar-refractivity contribution >= 4 is 35.2 Å². The van der Waals surface area contributed by atoms with Gasteiger partial charge < -0.3 is 34.2 Å². The van der Waals surface area contributed by atoms with Crippen LogP contribution in [-0.4, -0.2) is 59.6 Å². The summed E-state index contributed by atoms with van der Waals surface area (Å²) in [6.07, 6.45) is -0.365. The third-order valence-electron chi connectivity index (χ3n) is 4.64. The molecule has 0 saturated carbocycles. The quantitative estimate of drug-likeness (QED) is 0.303. The maximum Gasteiger partial charge on any atom is 0.486 e. The average Bonchev–Trinajstić information content (AvgIpc) is 2.64. The van der Waals surface area contributed by atoms with Crippen LogP contribution in [0.25, 0.3) is 0 Å². The van der Waals surface area contributed by atoms with Crippen LogP contribution in [0.1, 0.15) is 83.1 Å². The molecule has 192 valence electrons. The topological polar surface area (TPSA) is 73.8 Å². The Hall–Kier alpha value is 0.548. The first kappa shape index (κ1) is 30.6. The molecule has 1 aliphatic rings. The van der Waals surface area contributed by atoms with E-state index in [1.54, 1.807) is 0 Å². The second-order valence-corrected chi connectivity index (χ2v) is 21.7. The summed E-state index contributed by atoms with van der Waals surface area (Å²) in [6, 6.07) is 2.26. The highest BCUT2D eigenvalue weighted by Gasteiger charge is 2.67. The van der Waals surface area contributed by atoms with Crippen LogP contribution in [0, 0.1) is 0 Å². The Morgan fingerprint density at radius 1 is 0.406 bits per heavy atom. The van der Waals surface area contributed by atoms with Crippen LogP contribution >= 0.6 is 0 Å². The van der Waals surface area contributed by atoms with Gasteiger partial charge in [0.2, 0.25) is 0 Å². The summed E-state index contributed by atoms with van der Waals surface area (Å²) >= 11 is 0. The van der Waals surface area contributed by atoms with E-state index in [2.05, 4.69) is 0 Å². The smallest absolute Gasteiger partial charge is 0.372 e. The fraction of sp³-hybridized carbons (Fsp3) is 1.00. The van der Waals surface area contributed by atoms with Crippen LogP contribution in [0.15, 0.2) is 0 Å². The molecule has 32 heavy (non-hydrogen) atoms. The summed E-state index contributed by atoms with van der Waals surface area (Å²) in [7, 11) is -13.1. The van der Waals surface area contributed by atoms with E-state index < -0.39 is 35.2 Å². The van der Waals surface area contributed by atoms with Crippen molar-refractivity contribution < 1.29 is 34.2 Å². The molecule has 1 rings (SSSR count). The lowest BCUT2D eigenvalue weighted by Crippen LogP contribution is -2.73. The van der Waals surface area contributed by atoms with Gasteiger partial charge in [-0.3, -0.25) is 0 Å². The summed E-state index contributed by atoms with van der Waals surface area (Å²) in [6.45, 7) is 24.0. The van der Waals surface area contributed by atoms with Crippen LogP contribution in [0.4, 0.5) is 0 Å². The summed E-state index contributed by atoms with van der Waals surface area (Å²) in [5, 5.41) is 0. The molecule has 0 unspecified atom stereocenters. The molecule has 0 aromatic rings. The molecule has 0 radical (unpaired) electrons. The highest BCUT2D eigenvalue weighted by molar-refractivity contribution is 6.89. The Labute approximate surface area is 201 Å². The second-order valence-electron chi connectivity index (χ2n) is 9.22. The third kappa shape index (κ3) is 8.34. The summed E-state index contributed by atoms with van der Waals surface area (Å²) in [5.74, 6) is 0. The molecule has 0 spiro atoms. The maximum absolute atomic E-state index is 6.88. The van der Waals surface area contributed by atoms with Gasteiger partial charge >= 0.3 is 35.2 Å². The molecule has 0 bridgehead atoms. The lowest BCUT2D eigenvalue weighted by Gasteiger charge is -2.50. The lowest BCUT2D eigenvalue weighted by molar-refractivity contribution is -0.0111. The van der Waals surface area contributed by atoms with E-state index in [4.69, 9.17) is 34.2 Å². The third-order valence-corrected chi connectivity index (χ3v) is 21.4. The van der Waals surface area contributed by atoms with E-state index in [1.807, 2.05) is 83.1 Å². The molecule has 0 amide bonds. The van der Waals surface area contributed by atoms with Crippen LogP contribution in [-0.2, 0) is 34.2 Å². The number of hydrogen-bond acceptors (Lipinski definition) is 8. The first-order valence-electron chi connectivity index (χ1n) is 12.3. The molecular formula is C20H48O8Si4. The molecule has 1 saturated heterocycles. The van der Waals surface area contributed by atoms with Crippen molar-refractivity contribution in [1.82, 2.24) is 0 Å². The highest BCUT2D eigenvalue weighted by atomic mass is 28.6. The largest absolute Gasteiger partial charge is 0.486 e. The molecule has 0 aliphatic carbocycles. The van der Waals surface area contributed by atoms with Crippen molar-refractivity contribution in [1.29, 1.82) is 0 Å². The molecule has 0 aromatic heterocycles. The molecule has 0 N–H and O–H groups in total. The Morgan fingerprint density at radius 2 is 0.562 bits per heavy atom. The zero-order valence-corrected chi connectivity index (χ0v) is 26.4. The predicted molar refractivity (Wildman–Crippen MR) is 134 cm³/mol. The van der Waals surface area contributed by atoms with Gasteiger partial charge in [0.15, 0.2) is 0 Å². The number of hydrogen-bond donors (Lipinski definition) is 0. The Bertz CT molecular complexity index is 458. The van der Waals surface area contributed by atoms with Gasteiger partial charge in [0.1, 0.15) is 0 Å². The van der Waals surface area contributed by atoms with E-state index in [9.17, 15) is 0 Å². The minimum absolute atomic E-state index is 0.0913. The van der Waals surface area contributed by atoms with Crippen LogP contribution in [0.3, 0.4) is 0 Å². The molecular weight excluding hydrogens is 481 g/mol. The second kappa shape index (κ2) is 12.5. The van der Waals surface area contributed by atoms with E-state index >= 15 is 0 Å². The monoisotopic (exact) mass is 528 g/mol. The van der Waals surface area contributed by atoms with Gasteiger partial charge in [-0.05, 0) is 55.4 Å². The maximum atomic E-state index is 6.88. The molecule has 1 heterocycles. The van der Waals surface area contributed by atoms with E-state index in [1.165, 1.54) is 0 Å². The summed E-state index contributed by atoms with van der Waals surface area (Å²) < 4.78 is 53.3. The van der Waals surface area contributed by atoms with E-state index in [0.29, 0.717) is 24.2 Å². The van der Waals surface area contributed by atoms with E-state index in [0.717, 1.165) is 0 Å². The highest BCUT2D eigenvalue weighted by Crippen LogP contribution is 2.40. The molecule has 1 aliphatic heterocycles. The minimum atomic E-state index is -3.27. The fourth-order valence-corrected chi connectivity index (χ4v) is 23.0. The Morgan fingerprint density at radius 3 is 0.656 bits per heavy atom. The van der Waals surface area contributed by atoms with Crippen LogP contribution in [0.2, 0.25) is 24.2 Å². The van der Waals surface area contributed by atoms with E-state index in [-0.39, 0.29) is 24.4 Å². The van der Waals surface area contributed by atoms with Crippen molar-refractivity contribution in [3.05, 3.63) is 0 Å². The van der Waals surface area contributed by atoms with Gasteiger partial charge in [0.05, 0.1) is 0 Å². The lowest BCUT2D eigenvalue weighted by atomic mass is 10.5. The van der Waals surface area contributed by atoms with Gasteiger partial charge in [-0.1, -0.05) is 27.7 Å². The van der Waals surface area contributed by atoms with Gasteiger partial charge in [-0.2, -0.15) is 0 Å². The Balaban J connectivity index is 3.74. The average molecular weight is 529 g/mol. The minimum Gasteiger partial charge on any atom is -0.372 e. The normalized spacial score (nSPS) is 34.5. The number of rotatable bonds is 12. The van der Waals surface area contributed by atoms with Gasteiger partial charge in [-0.15, -0.1) is 0 Å². The molecule has 0 aromatic carbocycles. The predicted octanol–water partition coefficient (Wildman–Crippen LogP) is 5.60. The van der Waals surface area contributed by atoms with Crippen LogP contribution < -0.4 is 0 Å². The van der Waals surface area contributed by atoms with Gasteiger partial charge in [0.25, 0.3) is 0 Å². The molecule has 1 fully saturated rings. The summed E-state index contributed by atoms with van der Waals surface area (Å²) in [5.41, 5.74) is 0. The van der Waals surface area contributed by atoms with Gasteiger partial charge in [-0.25, -0.2) is 0 Å². The first-order valence-corrected chi connectivity index (χ1v) is 20.0. The van der Waals surface area contributed by atoms with Crippen molar-refractivity contribution in [2.45, 2.75) is 132 Å². The van der Waals surface area contributed by atoms with Gasteiger partial charge in [0, 0.05) is 48.6 Å². The van der Waals surface area contributed by atoms with Crippen molar-refractivity contribution in [3.63, 3.8) is 0 Å². The molecule has 0 atom stereocenters. The summed E-state index contributed by atoms with van der Waals surface area (Å²) in [4.78, 5) is 0. The zero-order chi connectivity index (χ0) is 24.8. The molecule has 12 heteroatoms. The zero-order valence-electron chi connectivity index (χ0n) is 22.4. The van der Waals surface area contributed by atoms with Crippen LogP contribution in [0.5, 0.6) is 0 Å². The van der Waals surface area contributed by atoms with Crippen molar-refractivity contribution in [2.24, 2.45) is 0 Å². The Kier molecular flexibility index (Phi) is 11.9. The van der Waals surface area contributed by atoms with Crippen molar-refractivity contribution in [3.8, 4) is 0 Å². The SMILES string of the molecule is CC[Si]1(OC(C)C)O[Si](CC)(OC(C)C)O[Si](CC)(OC(C)C)O[Si](CC)(OC(C)C)O1.